The Morgan fingerprint density at radius 2 is 2.53 bits per heavy atom. The fourth-order valence-corrected chi connectivity index (χ4v) is 2.72. The number of carbonyl (C=O) groups excluding carboxylic acids is 1. The molecule has 0 aliphatic carbocycles. The van der Waals surface area contributed by atoms with E-state index in [1.54, 1.807) is 0 Å². The third-order valence-electron chi connectivity index (χ3n) is 3.56. The quantitative estimate of drug-likeness (QED) is 0.799. The van der Waals surface area contributed by atoms with Crippen LogP contribution in [0.3, 0.4) is 0 Å². The van der Waals surface area contributed by atoms with Crippen LogP contribution < -0.4 is 10.1 Å². The van der Waals surface area contributed by atoms with E-state index in [1.807, 2.05) is 4.90 Å². The largest absolute Gasteiger partial charge is 0.479 e. The van der Waals surface area contributed by atoms with Crippen LogP contribution in [-0.2, 0) is 0 Å². The molecular formula is C11H15N3O3. The van der Waals surface area contributed by atoms with Crippen LogP contribution in [0.4, 0.5) is 0 Å². The maximum absolute atomic E-state index is 12.2. The normalized spacial score (nSPS) is 27.2. The maximum atomic E-state index is 12.2. The molecule has 0 bridgehead atoms. The van der Waals surface area contributed by atoms with Gasteiger partial charge in [-0.2, -0.15) is 0 Å². The average Bonchev–Trinajstić information content (AvgIpc) is 3.04. The number of fused-ring (bicyclic) bond motifs is 1. The van der Waals surface area contributed by atoms with Crippen LogP contribution >= 0.6 is 0 Å². The van der Waals surface area contributed by atoms with Gasteiger partial charge in [-0.3, -0.25) is 4.79 Å². The lowest BCUT2D eigenvalue weighted by Gasteiger charge is -2.21. The van der Waals surface area contributed by atoms with Crippen molar-refractivity contribution in [2.45, 2.75) is 24.9 Å². The molecule has 6 nitrogen and oxygen atoms in total. The summed E-state index contributed by atoms with van der Waals surface area (Å²) in [5.74, 6) is 0.514. The van der Waals surface area contributed by atoms with E-state index in [1.165, 1.54) is 13.2 Å². The minimum absolute atomic E-state index is 0.0861. The van der Waals surface area contributed by atoms with Gasteiger partial charge in [0.2, 0.25) is 5.76 Å². The van der Waals surface area contributed by atoms with E-state index in [2.05, 4.69) is 10.5 Å². The SMILES string of the molecule is COc1cc(C(=O)N2CCC3NCCC32)on1. The average molecular weight is 237 g/mol. The molecule has 1 amide bonds. The molecule has 2 aliphatic heterocycles. The second-order valence-electron chi connectivity index (χ2n) is 4.44. The number of nitrogens with one attached hydrogen (secondary N) is 1. The highest BCUT2D eigenvalue weighted by atomic mass is 16.5. The number of nitrogens with zero attached hydrogens (tertiary/aromatic N) is 2. The Bertz CT molecular complexity index is 431. The summed E-state index contributed by atoms with van der Waals surface area (Å²) >= 11 is 0. The van der Waals surface area contributed by atoms with E-state index in [9.17, 15) is 4.79 Å². The van der Waals surface area contributed by atoms with Crippen molar-refractivity contribution in [3.05, 3.63) is 11.8 Å². The van der Waals surface area contributed by atoms with Gasteiger partial charge in [-0.25, -0.2) is 0 Å². The van der Waals surface area contributed by atoms with Gasteiger partial charge in [0.25, 0.3) is 11.8 Å². The van der Waals surface area contributed by atoms with Crippen molar-refractivity contribution in [2.24, 2.45) is 0 Å². The summed E-state index contributed by atoms with van der Waals surface area (Å²) < 4.78 is 9.90. The van der Waals surface area contributed by atoms with Gasteiger partial charge < -0.3 is 19.5 Å². The fraction of sp³-hybridized carbons (Fsp3) is 0.636. The van der Waals surface area contributed by atoms with Crippen LogP contribution in [-0.4, -0.2) is 48.2 Å². The van der Waals surface area contributed by atoms with Crippen molar-refractivity contribution in [3.8, 4) is 5.88 Å². The summed E-state index contributed by atoms with van der Waals surface area (Å²) in [6.07, 6.45) is 2.03. The first kappa shape index (κ1) is 10.6. The zero-order valence-electron chi connectivity index (χ0n) is 9.68. The maximum Gasteiger partial charge on any atom is 0.292 e. The number of methoxy groups -OCH3 is 1. The van der Waals surface area contributed by atoms with Crippen molar-refractivity contribution in [1.82, 2.24) is 15.4 Å². The number of aromatic nitrogens is 1. The number of likely N-dealkylation sites (tertiary alicyclic amines) is 1. The van der Waals surface area contributed by atoms with E-state index in [4.69, 9.17) is 9.26 Å². The van der Waals surface area contributed by atoms with Gasteiger partial charge >= 0.3 is 0 Å². The molecule has 0 aromatic carbocycles. The lowest BCUT2D eigenvalue weighted by Crippen LogP contribution is -2.38. The summed E-state index contributed by atoms with van der Waals surface area (Å²) in [5, 5.41) is 7.06. The van der Waals surface area contributed by atoms with Crippen LogP contribution in [0.5, 0.6) is 5.88 Å². The molecule has 0 radical (unpaired) electrons. The summed E-state index contributed by atoms with van der Waals surface area (Å²) in [7, 11) is 1.50. The zero-order chi connectivity index (χ0) is 11.8. The Kier molecular flexibility index (Phi) is 2.51. The highest BCUT2D eigenvalue weighted by molar-refractivity contribution is 5.92. The Labute approximate surface area is 98.9 Å². The number of ether oxygens (including phenoxy) is 1. The number of hydrogen-bond donors (Lipinski definition) is 1. The summed E-state index contributed by atoms with van der Waals surface area (Å²) in [6.45, 7) is 1.77. The Morgan fingerprint density at radius 1 is 1.65 bits per heavy atom. The lowest BCUT2D eigenvalue weighted by atomic mass is 10.1. The zero-order valence-corrected chi connectivity index (χ0v) is 9.68. The molecule has 0 saturated carbocycles. The van der Waals surface area contributed by atoms with E-state index < -0.39 is 0 Å². The molecule has 92 valence electrons. The number of rotatable bonds is 2. The first-order valence-corrected chi connectivity index (χ1v) is 5.84. The topological polar surface area (TPSA) is 67.6 Å². The molecule has 3 rings (SSSR count). The van der Waals surface area contributed by atoms with Gasteiger partial charge in [-0.05, 0) is 24.5 Å². The Balaban J connectivity index is 1.77. The number of carbonyl (C=O) groups is 1. The molecule has 2 fully saturated rings. The van der Waals surface area contributed by atoms with Crippen LogP contribution in [0.25, 0.3) is 0 Å². The third-order valence-corrected chi connectivity index (χ3v) is 3.56. The van der Waals surface area contributed by atoms with Crippen molar-refractivity contribution < 1.29 is 14.1 Å². The fourth-order valence-electron chi connectivity index (χ4n) is 2.72. The second kappa shape index (κ2) is 4.03. The van der Waals surface area contributed by atoms with Crippen molar-refractivity contribution in [1.29, 1.82) is 0 Å². The van der Waals surface area contributed by atoms with E-state index in [0.717, 1.165) is 25.9 Å². The molecule has 2 unspecified atom stereocenters. The molecule has 3 heterocycles. The second-order valence-corrected chi connectivity index (χ2v) is 4.44. The molecule has 1 aromatic heterocycles. The molecule has 2 atom stereocenters. The van der Waals surface area contributed by atoms with Crippen LogP contribution in [0.2, 0.25) is 0 Å². The predicted octanol–water partition coefficient (Wildman–Crippen LogP) is 0.260. The molecule has 17 heavy (non-hydrogen) atoms. The van der Waals surface area contributed by atoms with Crippen molar-refractivity contribution in [2.75, 3.05) is 20.2 Å². The first-order chi connectivity index (χ1) is 8.29. The van der Waals surface area contributed by atoms with Gasteiger partial charge in [0.1, 0.15) is 0 Å². The number of hydrogen-bond acceptors (Lipinski definition) is 5. The Morgan fingerprint density at radius 3 is 3.29 bits per heavy atom. The van der Waals surface area contributed by atoms with Crippen LogP contribution in [0.15, 0.2) is 10.6 Å². The summed E-state index contributed by atoms with van der Waals surface area (Å²) in [5.41, 5.74) is 0. The van der Waals surface area contributed by atoms with Gasteiger partial charge in [0, 0.05) is 18.6 Å². The van der Waals surface area contributed by atoms with E-state index >= 15 is 0 Å². The highest BCUT2D eigenvalue weighted by Crippen LogP contribution is 2.27. The number of amides is 1. The highest BCUT2D eigenvalue weighted by Gasteiger charge is 2.40. The summed E-state index contributed by atoms with van der Waals surface area (Å²) in [6, 6.07) is 2.29. The Hall–Kier alpha value is -1.56. The third kappa shape index (κ3) is 1.68. The minimum Gasteiger partial charge on any atom is -0.479 e. The van der Waals surface area contributed by atoms with Crippen LogP contribution in [0, 0.1) is 0 Å². The van der Waals surface area contributed by atoms with Crippen molar-refractivity contribution >= 4 is 5.91 Å². The molecule has 0 spiro atoms. The smallest absolute Gasteiger partial charge is 0.292 e. The van der Waals surface area contributed by atoms with Crippen molar-refractivity contribution in [3.63, 3.8) is 0 Å². The summed E-state index contributed by atoms with van der Waals surface area (Å²) in [4.78, 5) is 14.1. The molecular weight excluding hydrogens is 222 g/mol. The van der Waals surface area contributed by atoms with Gasteiger partial charge in [0.15, 0.2) is 0 Å². The minimum atomic E-state index is -0.0861. The molecule has 1 aromatic rings. The molecule has 2 aliphatic rings. The lowest BCUT2D eigenvalue weighted by molar-refractivity contribution is 0.0694. The molecule has 6 heteroatoms. The van der Waals surface area contributed by atoms with Gasteiger partial charge in [-0.15, -0.1) is 0 Å². The van der Waals surface area contributed by atoms with Gasteiger partial charge in [0.05, 0.1) is 13.2 Å². The van der Waals surface area contributed by atoms with E-state index in [0.29, 0.717) is 18.0 Å². The predicted molar refractivity (Wildman–Crippen MR) is 58.9 cm³/mol. The molecule has 1 N–H and O–H groups in total. The van der Waals surface area contributed by atoms with Gasteiger partial charge in [-0.1, -0.05) is 0 Å². The monoisotopic (exact) mass is 237 g/mol. The standard InChI is InChI=1S/C11H15N3O3/c1-16-10-6-9(17-13-10)11(15)14-5-3-7-8(14)2-4-12-7/h6-8,12H,2-5H2,1H3. The molecule has 2 saturated heterocycles. The van der Waals surface area contributed by atoms with Crippen LogP contribution in [0.1, 0.15) is 23.4 Å². The first-order valence-electron chi connectivity index (χ1n) is 5.84. The van der Waals surface area contributed by atoms with E-state index in [-0.39, 0.29) is 11.7 Å².